The predicted molar refractivity (Wildman–Crippen MR) is 83.8 cm³/mol. The second-order valence-electron chi connectivity index (χ2n) is 4.74. The molecule has 5 heteroatoms. The molecule has 0 bridgehead atoms. The molecule has 0 radical (unpaired) electrons. The molecule has 0 saturated heterocycles. The van der Waals surface area contributed by atoms with E-state index in [1.807, 2.05) is 29.1 Å². The highest BCUT2D eigenvalue weighted by atomic mass is 79.9. The van der Waals surface area contributed by atoms with Crippen molar-refractivity contribution < 1.29 is 4.74 Å². The minimum Gasteiger partial charge on any atom is -0.491 e. The average Bonchev–Trinajstić information content (AvgIpc) is 2.94. The summed E-state index contributed by atoms with van der Waals surface area (Å²) in [5, 5.41) is 4.15. The Kier molecular flexibility index (Phi) is 5.61. The number of ether oxygens (including phenoxy) is 1. The van der Waals surface area contributed by atoms with Gasteiger partial charge in [0.25, 0.3) is 0 Å². The smallest absolute Gasteiger partial charge is 0.122 e. The molecule has 1 aromatic carbocycles. The molecule has 1 unspecified atom stereocenters. The first-order valence-electron chi connectivity index (χ1n) is 6.83. The third kappa shape index (κ3) is 4.35. The van der Waals surface area contributed by atoms with E-state index in [0.717, 1.165) is 35.2 Å². The molecule has 0 aliphatic heterocycles. The minimum absolute atomic E-state index is 0.165. The van der Waals surface area contributed by atoms with Crippen molar-refractivity contribution >= 4 is 15.9 Å². The average molecular weight is 338 g/mol. The fourth-order valence-electron chi connectivity index (χ4n) is 1.96. The highest BCUT2D eigenvalue weighted by Gasteiger charge is 2.09. The van der Waals surface area contributed by atoms with E-state index >= 15 is 0 Å². The molecular formula is C15H20BrN3O. The molecule has 1 heterocycles. The SMILES string of the molecule is CCC(N)Cc1cc(Br)ccc1OCCn1cccn1. The van der Waals surface area contributed by atoms with Gasteiger partial charge in [0.15, 0.2) is 0 Å². The number of aromatic nitrogens is 2. The van der Waals surface area contributed by atoms with Crippen LogP contribution in [0.3, 0.4) is 0 Å². The fraction of sp³-hybridized carbons (Fsp3) is 0.400. The Labute approximate surface area is 128 Å². The molecule has 2 aromatic rings. The highest BCUT2D eigenvalue weighted by Crippen LogP contribution is 2.24. The van der Waals surface area contributed by atoms with E-state index in [9.17, 15) is 0 Å². The van der Waals surface area contributed by atoms with Crippen molar-refractivity contribution in [3.05, 3.63) is 46.7 Å². The third-order valence-electron chi connectivity index (χ3n) is 3.17. The van der Waals surface area contributed by atoms with Gasteiger partial charge in [-0.05, 0) is 42.7 Å². The number of nitrogens with zero attached hydrogens (tertiary/aromatic N) is 2. The van der Waals surface area contributed by atoms with Gasteiger partial charge in [0.2, 0.25) is 0 Å². The van der Waals surface area contributed by atoms with Gasteiger partial charge in [-0.3, -0.25) is 4.68 Å². The second-order valence-corrected chi connectivity index (χ2v) is 5.66. The van der Waals surface area contributed by atoms with Gasteiger partial charge in [-0.15, -0.1) is 0 Å². The zero-order chi connectivity index (χ0) is 14.4. The molecule has 0 saturated carbocycles. The lowest BCUT2D eigenvalue weighted by Gasteiger charge is -2.15. The summed E-state index contributed by atoms with van der Waals surface area (Å²) in [5.41, 5.74) is 7.19. The van der Waals surface area contributed by atoms with E-state index in [1.54, 1.807) is 6.20 Å². The van der Waals surface area contributed by atoms with Gasteiger partial charge in [0.1, 0.15) is 12.4 Å². The monoisotopic (exact) mass is 337 g/mol. The van der Waals surface area contributed by atoms with Crippen LogP contribution in [-0.4, -0.2) is 22.4 Å². The Morgan fingerprint density at radius 3 is 3.00 bits per heavy atom. The van der Waals surface area contributed by atoms with Gasteiger partial charge in [-0.2, -0.15) is 5.10 Å². The van der Waals surface area contributed by atoms with E-state index < -0.39 is 0 Å². The van der Waals surface area contributed by atoms with Crippen LogP contribution in [0.5, 0.6) is 5.75 Å². The maximum absolute atomic E-state index is 6.04. The van der Waals surface area contributed by atoms with Crippen LogP contribution in [-0.2, 0) is 13.0 Å². The van der Waals surface area contributed by atoms with Crippen LogP contribution in [0.15, 0.2) is 41.1 Å². The van der Waals surface area contributed by atoms with E-state index in [4.69, 9.17) is 10.5 Å². The molecule has 2 rings (SSSR count). The summed E-state index contributed by atoms with van der Waals surface area (Å²) in [4.78, 5) is 0. The summed E-state index contributed by atoms with van der Waals surface area (Å²) < 4.78 is 8.78. The topological polar surface area (TPSA) is 53.1 Å². The van der Waals surface area contributed by atoms with Crippen LogP contribution >= 0.6 is 15.9 Å². The largest absolute Gasteiger partial charge is 0.491 e. The van der Waals surface area contributed by atoms with Crippen LogP contribution < -0.4 is 10.5 Å². The van der Waals surface area contributed by atoms with Gasteiger partial charge in [0.05, 0.1) is 6.54 Å². The van der Waals surface area contributed by atoms with E-state index in [2.05, 4.69) is 34.0 Å². The molecule has 0 aliphatic carbocycles. The molecule has 1 atom stereocenters. The van der Waals surface area contributed by atoms with Crippen LogP contribution in [0, 0.1) is 0 Å². The van der Waals surface area contributed by atoms with Crippen molar-refractivity contribution in [2.75, 3.05) is 6.61 Å². The zero-order valence-corrected chi connectivity index (χ0v) is 13.2. The Morgan fingerprint density at radius 1 is 1.45 bits per heavy atom. The summed E-state index contributed by atoms with van der Waals surface area (Å²) in [6.07, 6.45) is 5.48. The Morgan fingerprint density at radius 2 is 2.30 bits per heavy atom. The normalized spacial score (nSPS) is 12.3. The van der Waals surface area contributed by atoms with Gasteiger partial charge in [-0.25, -0.2) is 0 Å². The van der Waals surface area contributed by atoms with E-state index in [1.165, 1.54) is 0 Å². The summed E-state index contributed by atoms with van der Waals surface area (Å²) in [5.74, 6) is 0.907. The summed E-state index contributed by atoms with van der Waals surface area (Å²) in [6.45, 7) is 3.43. The quantitative estimate of drug-likeness (QED) is 0.844. The van der Waals surface area contributed by atoms with Crippen molar-refractivity contribution in [1.82, 2.24) is 9.78 Å². The van der Waals surface area contributed by atoms with Gasteiger partial charge >= 0.3 is 0 Å². The Balaban J connectivity index is 1.98. The molecule has 1 aromatic heterocycles. The molecular weight excluding hydrogens is 318 g/mol. The van der Waals surface area contributed by atoms with Gasteiger partial charge in [0, 0.05) is 22.9 Å². The van der Waals surface area contributed by atoms with E-state index in [-0.39, 0.29) is 6.04 Å². The molecule has 0 fully saturated rings. The number of benzene rings is 1. The minimum atomic E-state index is 0.165. The van der Waals surface area contributed by atoms with Crippen molar-refractivity contribution in [2.24, 2.45) is 5.73 Å². The number of halogens is 1. The van der Waals surface area contributed by atoms with Crippen LogP contribution in [0.2, 0.25) is 0 Å². The molecule has 108 valence electrons. The maximum atomic E-state index is 6.04. The fourth-order valence-corrected chi connectivity index (χ4v) is 2.37. The van der Waals surface area contributed by atoms with Crippen molar-refractivity contribution in [2.45, 2.75) is 32.4 Å². The first kappa shape index (κ1) is 15.1. The standard InChI is InChI=1S/C15H20BrN3O/c1-2-14(17)11-12-10-13(16)4-5-15(12)20-9-8-19-7-3-6-18-19/h3-7,10,14H,2,8-9,11,17H2,1H3. The maximum Gasteiger partial charge on any atom is 0.122 e. The van der Waals surface area contributed by atoms with Crippen molar-refractivity contribution in [3.63, 3.8) is 0 Å². The zero-order valence-electron chi connectivity index (χ0n) is 11.6. The second kappa shape index (κ2) is 7.45. The van der Waals surface area contributed by atoms with Crippen molar-refractivity contribution in [3.8, 4) is 5.75 Å². The summed E-state index contributed by atoms with van der Waals surface area (Å²) in [7, 11) is 0. The number of hydrogen-bond acceptors (Lipinski definition) is 3. The number of nitrogens with two attached hydrogens (primary N) is 1. The molecule has 2 N–H and O–H groups in total. The molecule has 0 aliphatic rings. The first-order valence-corrected chi connectivity index (χ1v) is 7.62. The predicted octanol–water partition coefficient (Wildman–Crippen LogP) is 3.00. The third-order valence-corrected chi connectivity index (χ3v) is 3.66. The summed E-state index contributed by atoms with van der Waals surface area (Å²) in [6, 6.07) is 8.14. The number of hydrogen-bond donors (Lipinski definition) is 1. The highest BCUT2D eigenvalue weighted by molar-refractivity contribution is 9.10. The molecule has 0 amide bonds. The van der Waals surface area contributed by atoms with Gasteiger partial charge in [-0.1, -0.05) is 22.9 Å². The molecule has 20 heavy (non-hydrogen) atoms. The molecule has 0 spiro atoms. The summed E-state index contributed by atoms with van der Waals surface area (Å²) >= 11 is 3.50. The Hall–Kier alpha value is -1.33. The lowest BCUT2D eigenvalue weighted by atomic mass is 10.0. The first-order chi connectivity index (χ1) is 9.69. The van der Waals surface area contributed by atoms with Gasteiger partial charge < -0.3 is 10.5 Å². The lowest BCUT2D eigenvalue weighted by molar-refractivity contribution is 0.288. The van der Waals surface area contributed by atoms with Crippen molar-refractivity contribution in [1.29, 1.82) is 0 Å². The number of rotatable bonds is 7. The van der Waals surface area contributed by atoms with Crippen LogP contribution in [0.25, 0.3) is 0 Å². The van der Waals surface area contributed by atoms with E-state index in [0.29, 0.717) is 6.61 Å². The Bertz CT molecular complexity index is 528. The van der Waals surface area contributed by atoms with Crippen LogP contribution in [0.1, 0.15) is 18.9 Å². The lowest BCUT2D eigenvalue weighted by Crippen LogP contribution is -2.22. The van der Waals surface area contributed by atoms with Crippen LogP contribution in [0.4, 0.5) is 0 Å². The molecule has 4 nitrogen and oxygen atoms in total.